The topological polar surface area (TPSA) is 95.2 Å². The molecule has 0 bridgehead atoms. The second-order valence-electron chi connectivity index (χ2n) is 8.36. The zero-order valence-electron chi connectivity index (χ0n) is 17.7. The van der Waals surface area contributed by atoms with E-state index in [0.717, 1.165) is 54.8 Å². The van der Waals surface area contributed by atoms with Crippen LogP contribution in [0.2, 0.25) is 0 Å². The van der Waals surface area contributed by atoms with Crippen molar-refractivity contribution in [3.8, 4) is 0 Å². The number of nitrogens with one attached hydrogen (secondary N) is 3. The van der Waals surface area contributed by atoms with Gasteiger partial charge in [-0.3, -0.25) is 0 Å². The summed E-state index contributed by atoms with van der Waals surface area (Å²) in [5.74, 6) is 0.639. The molecule has 0 aliphatic carbocycles. The molecule has 2 amide bonds. The minimum atomic E-state index is -0.0854. The fourth-order valence-corrected chi connectivity index (χ4v) is 4.27. The lowest BCUT2D eigenvalue weighted by Crippen LogP contribution is -2.44. The molecule has 3 aromatic rings. The van der Waals surface area contributed by atoms with Crippen LogP contribution in [0.3, 0.4) is 0 Å². The molecule has 4 heterocycles. The van der Waals surface area contributed by atoms with Crippen LogP contribution in [0, 0.1) is 0 Å². The zero-order chi connectivity index (χ0) is 21.2. The lowest BCUT2D eigenvalue weighted by molar-refractivity contribution is 0.0903. The normalized spacial score (nSPS) is 17.9. The molecule has 1 fully saturated rings. The molecule has 2 aliphatic heterocycles. The summed E-state index contributed by atoms with van der Waals surface area (Å²) in [6.07, 6.45) is 6.51. The van der Waals surface area contributed by atoms with Gasteiger partial charge in [-0.1, -0.05) is 12.1 Å². The van der Waals surface area contributed by atoms with Gasteiger partial charge in [0, 0.05) is 43.7 Å². The average molecular weight is 421 g/mol. The summed E-state index contributed by atoms with van der Waals surface area (Å²) in [6.45, 7) is 4.71. The average Bonchev–Trinajstić information content (AvgIpc) is 3.27. The maximum atomic E-state index is 12.9. The Bertz CT molecular complexity index is 1070. The van der Waals surface area contributed by atoms with E-state index in [-0.39, 0.29) is 12.1 Å². The number of aromatic nitrogens is 3. The van der Waals surface area contributed by atoms with Gasteiger partial charge in [0.05, 0.1) is 18.3 Å². The van der Waals surface area contributed by atoms with Gasteiger partial charge >= 0.3 is 6.03 Å². The van der Waals surface area contributed by atoms with E-state index in [2.05, 4.69) is 38.8 Å². The molecule has 8 nitrogen and oxygen atoms in total. The van der Waals surface area contributed by atoms with Crippen molar-refractivity contribution in [2.24, 2.45) is 0 Å². The summed E-state index contributed by atoms with van der Waals surface area (Å²) in [5, 5.41) is 7.72. The van der Waals surface area contributed by atoms with Gasteiger partial charge in [-0.05, 0) is 54.8 Å². The van der Waals surface area contributed by atoms with E-state index < -0.39 is 0 Å². The zero-order valence-corrected chi connectivity index (χ0v) is 17.7. The summed E-state index contributed by atoms with van der Waals surface area (Å²) in [7, 11) is 0. The van der Waals surface area contributed by atoms with Crippen molar-refractivity contribution < 1.29 is 9.53 Å². The number of rotatable bonds is 4. The predicted octanol–water partition coefficient (Wildman–Crippen LogP) is 3.38. The summed E-state index contributed by atoms with van der Waals surface area (Å²) in [6, 6.07) is 8.46. The smallest absolute Gasteiger partial charge is 0.318 e. The van der Waals surface area contributed by atoms with Gasteiger partial charge in [0.2, 0.25) is 5.95 Å². The number of H-pyrrole nitrogens is 1. The molecule has 162 valence electrons. The number of amides is 2. The Balaban J connectivity index is 1.23. The van der Waals surface area contributed by atoms with Crippen molar-refractivity contribution in [1.82, 2.24) is 25.2 Å². The number of fused-ring (bicyclic) bond motifs is 2. The van der Waals surface area contributed by atoms with Gasteiger partial charge in [-0.25, -0.2) is 14.8 Å². The van der Waals surface area contributed by atoms with E-state index in [1.807, 2.05) is 30.3 Å². The Hall–Kier alpha value is -3.13. The number of hydrogen-bond donors (Lipinski definition) is 3. The van der Waals surface area contributed by atoms with Gasteiger partial charge in [-0.2, -0.15) is 0 Å². The monoisotopic (exact) mass is 420 g/mol. The highest BCUT2D eigenvalue weighted by atomic mass is 16.5. The molecule has 0 saturated carbocycles. The fraction of sp³-hybridized carbons (Fsp3) is 0.435. The van der Waals surface area contributed by atoms with Gasteiger partial charge in [0.25, 0.3) is 0 Å². The van der Waals surface area contributed by atoms with Gasteiger partial charge in [0.15, 0.2) is 0 Å². The molecular formula is C23H28N6O2. The summed E-state index contributed by atoms with van der Waals surface area (Å²) in [5.41, 5.74) is 4.19. The first-order chi connectivity index (χ1) is 15.2. The molecule has 1 aromatic carbocycles. The van der Waals surface area contributed by atoms with Crippen molar-refractivity contribution in [2.45, 2.75) is 44.8 Å². The van der Waals surface area contributed by atoms with E-state index in [1.165, 1.54) is 5.39 Å². The molecule has 31 heavy (non-hydrogen) atoms. The molecule has 8 heteroatoms. The van der Waals surface area contributed by atoms with Crippen molar-refractivity contribution in [1.29, 1.82) is 0 Å². The van der Waals surface area contributed by atoms with Crippen molar-refractivity contribution in [2.75, 3.05) is 25.1 Å². The number of urea groups is 1. The first kappa shape index (κ1) is 19.8. The standard InChI is InChI=1S/C23H28N6O2/c1-15(17-3-2-16-4-8-24-20(16)12-17)26-23(30)29-9-5-18-13-25-22(28-21(18)14-29)27-19-6-10-31-11-7-19/h2-4,8,12-13,15,19,24H,5-7,9-11,14H2,1H3,(H,26,30)(H,25,27,28)/t15-/m0/s1. The second kappa shape index (κ2) is 8.55. The lowest BCUT2D eigenvalue weighted by Gasteiger charge is -2.30. The molecule has 0 radical (unpaired) electrons. The number of ether oxygens (including phenoxy) is 1. The highest BCUT2D eigenvalue weighted by Gasteiger charge is 2.24. The van der Waals surface area contributed by atoms with Gasteiger partial charge < -0.3 is 25.3 Å². The van der Waals surface area contributed by atoms with Crippen LogP contribution in [0.1, 0.15) is 42.6 Å². The molecular weight excluding hydrogens is 392 g/mol. The van der Waals surface area contributed by atoms with Crippen LogP contribution in [-0.4, -0.2) is 51.7 Å². The van der Waals surface area contributed by atoms with Crippen LogP contribution in [0.5, 0.6) is 0 Å². The molecule has 2 aliphatic rings. The molecule has 1 atom stereocenters. The first-order valence-corrected chi connectivity index (χ1v) is 11.0. The lowest BCUT2D eigenvalue weighted by atomic mass is 10.1. The third kappa shape index (κ3) is 4.34. The number of benzene rings is 1. The minimum Gasteiger partial charge on any atom is -0.381 e. The first-order valence-electron chi connectivity index (χ1n) is 11.0. The van der Waals surface area contributed by atoms with Crippen LogP contribution in [0.4, 0.5) is 10.7 Å². The number of hydrogen-bond acceptors (Lipinski definition) is 5. The minimum absolute atomic E-state index is 0.0673. The third-order valence-corrected chi connectivity index (χ3v) is 6.21. The predicted molar refractivity (Wildman–Crippen MR) is 119 cm³/mol. The number of aromatic amines is 1. The van der Waals surface area contributed by atoms with Crippen LogP contribution in [-0.2, 0) is 17.7 Å². The largest absolute Gasteiger partial charge is 0.381 e. The van der Waals surface area contributed by atoms with Crippen LogP contribution < -0.4 is 10.6 Å². The SMILES string of the molecule is C[C@H](NC(=O)N1CCc2cnc(NC3CCOCC3)nc2C1)c1ccc2cc[nH]c2c1. The maximum Gasteiger partial charge on any atom is 0.318 e. The second-order valence-corrected chi connectivity index (χ2v) is 8.36. The Morgan fingerprint density at radius 1 is 1.29 bits per heavy atom. The fourth-order valence-electron chi connectivity index (χ4n) is 4.27. The molecule has 3 N–H and O–H groups in total. The molecule has 2 aromatic heterocycles. The Morgan fingerprint density at radius 3 is 3.03 bits per heavy atom. The Labute approximate surface area is 181 Å². The summed E-state index contributed by atoms with van der Waals surface area (Å²) < 4.78 is 5.42. The summed E-state index contributed by atoms with van der Waals surface area (Å²) in [4.78, 5) is 27.2. The quantitative estimate of drug-likeness (QED) is 0.601. The van der Waals surface area contributed by atoms with E-state index in [0.29, 0.717) is 25.1 Å². The van der Waals surface area contributed by atoms with E-state index in [1.54, 1.807) is 0 Å². The van der Waals surface area contributed by atoms with E-state index in [9.17, 15) is 4.79 Å². The number of carbonyl (C=O) groups is 1. The number of carbonyl (C=O) groups excluding carboxylic acids is 1. The van der Waals surface area contributed by atoms with Crippen LogP contribution in [0.15, 0.2) is 36.7 Å². The van der Waals surface area contributed by atoms with Crippen molar-refractivity contribution in [3.05, 3.63) is 53.5 Å². The Kier molecular flexibility index (Phi) is 5.46. The molecule has 1 saturated heterocycles. The van der Waals surface area contributed by atoms with Gasteiger partial charge in [0.1, 0.15) is 0 Å². The number of anilines is 1. The molecule has 5 rings (SSSR count). The molecule has 0 spiro atoms. The highest BCUT2D eigenvalue weighted by molar-refractivity contribution is 5.80. The van der Waals surface area contributed by atoms with Crippen molar-refractivity contribution in [3.63, 3.8) is 0 Å². The maximum absolute atomic E-state index is 12.9. The van der Waals surface area contributed by atoms with Crippen LogP contribution >= 0.6 is 0 Å². The Morgan fingerprint density at radius 2 is 2.16 bits per heavy atom. The van der Waals surface area contributed by atoms with E-state index in [4.69, 9.17) is 9.72 Å². The highest BCUT2D eigenvalue weighted by Crippen LogP contribution is 2.22. The number of nitrogens with zero attached hydrogens (tertiary/aromatic N) is 3. The third-order valence-electron chi connectivity index (χ3n) is 6.21. The molecule has 0 unspecified atom stereocenters. The van der Waals surface area contributed by atoms with E-state index >= 15 is 0 Å². The van der Waals surface area contributed by atoms with Crippen molar-refractivity contribution >= 4 is 22.9 Å². The van der Waals surface area contributed by atoms with Gasteiger partial charge in [-0.15, -0.1) is 0 Å². The van der Waals surface area contributed by atoms with Crippen LogP contribution in [0.25, 0.3) is 10.9 Å². The summed E-state index contributed by atoms with van der Waals surface area (Å²) >= 11 is 0.